The van der Waals surface area contributed by atoms with Gasteiger partial charge in [0, 0.05) is 74.3 Å². The van der Waals surface area contributed by atoms with Gasteiger partial charge >= 0.3 is 5.69 Å². The van der Waals surface area contributed by atoms with Gasteiger partial charge in [0.25, 0.3) is 15.9 Å². The van der Waals surface area contributed by atoms with E-state index in [2.05, 4.69) is 45.5 Å². The lowest BCUT2D eigenvalue weighted by molar-refractivity contribution is -0.386. The average Bonchev–Trinajstić information content (AvgIpc) is 3.71. The molecule has 0 saturated carbocycles. The van der Waals surface area contributed by atoms with Crippen molar-refractivity contribution in [1.82, 2.24) is 19.6 Å². The first-order valence-electron chi connectivity index (χ1n) is 24.6. The smallest absolute Gasteiger partial charge is 0.312 e. The monoisotopic (exact) mass is 1030 g/mol. The van der Waals surface area contributed by atoms with Gasteiger partial charge in [-0.3, -0.25) is 19.8 Å². The molecule has 2 unspecified atom stereocenters. The number of nitrogens with zero attached hydrogens (tertiary/aromatic N) is 5. The van der Waals surface area contributed by atoms with Crippen LogP contribution in [0.1, 0.15) is 62.4 Å². The van der Waals surface area contributed by atoms with Crippen LogP contribution < -0.4 is 24.0 Å². The van der Waals surface area contributed by atoms with Crippen LogP contribution in [-0.4, -0.2) is 137 Å². The van der Waals surface area contributed by atoms with Crippen molar-refractivity contribution in [1.29, 1.82) is 0 Å². The maximum Gasteiger partial charge on any atom is 0.312 e. The fraction of sp³-hybridized carbons (Fsp3) is 0.462. The summed E-state index contributed by atoms with van der Waals surface area (Å²) in [6.07, 6.45) is 4.37. The van der Waals surface area contributed by atoms with Crippen molar-refractivity contribution in [2.24, 2.45) is 5.41 Å². The Morgan fingerprint density at radius 3 is 2.61 bits per heavy atom. The van der Waals surface area contributed by atoms with Crippen LogP contribution in [0.4, 0.5) is 22.7 Å². The van der Waals surface area contributed by atoms with E-state index in [9.17, 15) is 23.3 Å². The molecule has 2 N–H and O–H groups in total. The third-order valence-electron chi connectivity index (χ3n) is 14.0. The molecule has 4 atom stereocenters. The summed E-state index contributed by atoms with van der Waals surface area (Å²) in [5.41, 5.74) is 5.78. The highest BCUT2D eigenvalue weighted by atomic mass is 35.5. The third kappa shape index (κ3) is 10.9. The zero-order chi connectivity index (χ0) is 50.1. The van der Waals surface area contributed by atoms with Crippen molar-refractivity contribution in [3.8, 4) is 11.6 Å². The minimum absolute atomic E-state index is 0.000585. The van der Waals surface area contributed by atoms with Gasteiger partial charge in [0.2, 0.25) is 5.88 Å². The summed E-state index contributed by atoms with van der Waals surface area (Å²) in [6.45, 7) is 12.2. The molecule has 5 aliphatic rings. The lowest BCUT2D eigenvalue weighted by atomic mass is 9.71. The highest BCUT2D eigenvalue weighted by molar-refractivity contribution is 7.90. The number of anilines is 3. The van der Waals surface area contributed by atoms with Gasteiger partial charge in [-0.15, -0.1) is 0 Å². The third-order valence-corrected chi connectivity index (χ3v) is 15.6. The Morgan fingerprint density at radius 1 is 0.958 bits per heavy atom. The van der Waals surface area contributed by atoms with Crippen LogP contribution >= 0.6 is 11.6 Å². The molecule has 0 spiro atoms. The average molecular weight is 1030 g/mol. The summed E-state index contributed by atoms with van der Waals surface area (Å²) in [5, 5.41) is 13.8. The number of fused-ring (bicyclic) bond motifs is 4. The Hall–Kier alpha value is -5.80. The molecule has 1 amide bonds. The van der Waals surface area contributed by atoms with Crippen molar-refractivity contribution < 1.29 is 46.6 Å². The zero-order valence-electron chi connectivity index (χ0n) is 40.6. The largest absolute Gasteiger partial charge is 0.484 e. The van der Waals surface area contributed by atoms with E-state index in [0.717, 1.165) is 42.0 Å². The number of halogens is 1. The van der Waals surface area contributed by atoms with Crippen molar-refractivity contribution >= 4 is 66.9 Å². The van der Waals surface area contributed by atoms with Crippen LogP contribution in [0.2, 0.25) is 5.02 Å². The number of nitrogens with one attached hydrogen (secondary N) is 2. The Balaban J connectivity index is 0.962. The number of sulfonamides is 1. The molecule has 3 fully saturated rings. The highest BCUT2D eigenvalue weighted by Crippen LogP contribution is 2.46. The number of aromatic amines is 1. The first-order chi connectivity index (χ1) is 34.7. The number of pyridine rings is 1. The summed E-state index contributed by atoms with van der Waals surface area (Å²) in [6, 6.07) is 20.6. The van der Waals surface area contributed by atoms with Crippen molar-refractivity contribution in [2.45, 2.75) is 75.7 Å². The normalized spacial score (nSPS) is 23.2. The molecule has 20 heteroatoms. The number of H-pyrrole nitrogens is 1. The van der Waals surface area contributed by atoms with Crippen molar-refractivity contribution in [2.75, 3.05) is 88.8 Å². The Bertz CT molecular complexity index is 2960. The van der Waals surface area contributed by atoms with Gasteiger partial charge in [0.1, 0.15) is 24.0 Å². The van der Waals surface area contributed by atoms with Gasteiger partial charge in [-0.25, -0.2) is 13.1 Å². The standard InChI is InChI=1S/C52H60ClN7O11S/c1-33-29-70-39(31-69-33)32-71-47-13-11-40(24-45(47)60(62)63)72(64,65)56-50(61)41-12-10-37(23-44(41)59-16-4-20-68-51-46(59)22-35-14-15-54-49(35)55-51)57-17-18-58-28-43-42(34-6-8-36(53)9-7-34)25-52(2,3)26-48(43)67-21-5-19-66-30-38(58)27-57/h6-15,22-24,33,38-39,48H,4-5,16-21,25-32H2,1-3H3,(H,54,55)(H,56,61)/t33-,38?,39?,48-/m1/s1. The summed E-state index contributed by atoms with van der Waals surface area (Å²) >= 11 is 6.37. The zero-order valence-corrected chi connectivity index (χ0v) is 42.2. The van der Waals surface area contributed by atoms with E-state index < -0.39 is 37.5 Å². The molecule has 0 radical (unpaired) electrons. The van der Waals surface area contributed by atoms with Crippen LogP contribution in [0.5, 0.6) is 11.6 Å². The predicted molar refractivity (Wildman–Crippen MR) is 272 cm³/mol. The fourth-order valence-electron chi connectivity index (χ4n) is 10.3. The number of nitro groups is 1. The summed E-state index contributed by atoms with van der Waals surface area (Å²) in [5.74, 6) is -0.714. The summed E-state index contributed by atoms with van der Waals surface area (Å²) in [4.78, 5) is 40.3. The molecule has 1 aliphatic carbocycles. The number of allylic oxidation sites excluding steroid dienone is 1. The number of hydrogen-bond donors (Lipinski definition) is 2. The summed E-state index contributed by atoms with van der Waals surface area (Å²) in [7, 11) is -4.67. The number of benzene rings is 3. The van der Waals surface area contributed by atoms with E-state index in [1.165, 1.54) is 23.3 Å². The molecule has 0 bridgehead atoms. The van der Waals surface area contributed by atoms with Crippen molar-refractivity contribution in [3.63, 3.8) is 0 Å². The number of carbonyl (C=O) groups is 1. The maximum absolute atomic E-state index is 14.6. The lowest BCUT2D eigenvalue weighted by Crippen LogP contribution is -2.56. The number of amides is 1. The van der Waals surface area contributed by atoms with Crippen molar-refractivity contribution in [3.05, 3.63) is 111 Å². The number of piperazine rings is 1. The minimum Gasteiger partial charge on any atom is -0.484 e. The molecule has 10 rings (SSSR count). The molecule has 3 aromatic carbocycles. The highest BCUT2D eigenvalue weighted by Gasteiger charge is 2.39. The van der Waals surface area contributed by atoms with Gasteiger partial charge in [0.05, 0.1) is 65.7 Å². The first kappa shape index (κ1) is 49.8. The molecule has 382 valence electrons. The van der Waals surface area contributed by atoms with Crippen LogP contribution in [0, 0.1) is 15.5 Å². The van der Waals surface area contributed by atoms with Gasteiger partial charge in [-0.1, -0.05) is 37.6 Å². The molecule has 72 heavy (non-hydrogen) atoms. The van der Waals surface area contributed by atoms with Crippen LogP contribution in [-0.2, 0) is 29.0 Å². The second-order valence-electron chi connectivity index (χ2n) is 19.9. The van der Waals surface area contributed by atoms with Gasteiger partial charge in [0.15, 0.2) is 5.75 Å². The summed E-state index contributed by atoms with van der Waals surface area (Å²) < 4.78 is 66.6. The number of nitro benzene ring substituents is 1. The van der Waals surface area contributed by atoms with Crippen LogP contribution in [0.25, 0.3) is 16.6 Å². The van der Waals surface area contributed by atoms with Gasteiger partial charge < -0.3 is 43.2 Å². The maximum atomic E-state index is 14.6. The molecular formula is C52H60ClN7O11S. The van der Waals surface area contributed by atoms with E-state index in [1.807, 2.05) is 48.2 Å². The van der Waals surface area contributed by atoms with Gasteiger partial charge in [-0.05, 0) is 109 Å². The lowest BCUT2D eigenvalue weighted by Gasteiger charge is -2.45. The van der Waals surface area contributed by atoms with E-state index in [1.54, 1.807) is 12.3 Å². The first-order valence-corrected chi connectivity index (χ1v) is 26.4. The number of hydrogen-bond acceptors (Lipinski definition) is 15. The van der Waals surface area contributed by atoms with Gasteiger partial charge in [-0.2, -0.15) is 4.98 Å². The molecule has 18 nitrogen and oxygen atoms in total. The Kier molecular flexibility index (Phi) is 14.5. The second-order valence-corrected chi connectivity index (χ2v) is 22.0. The second kappa shape index (κ2) is 21.0. The quantitative estimate of drug-likeness (QED) is 0.101. The molecule has 2 aromatic heterocycles. The van der Waals surface area contributed by atoms with Crippen LogP contribution in [0.15, 0.2) is 89.5 Å². The number of aromatic nitrogens is 2. The van der Waals surface area contributed by atoms with E-state index in [-0.39, 0.29) is 48.2 Å². The fourth-order valence-corrected chi connectivity index (χ4v) is 11.4. The predicted octanol–water partition coefficient (Wildman–Crippen LogP) is 7.92. The number of carbonyl (C=O) groups excluding carboxylic acids is 1. The van der Waals surface area contributed by atoms with E-state index in [0.29, 0.717) is 100 Å². The molecule has 3 saturated heterocycles. The molecule has 6 heterocycles. The number of ether oxygens (including phenoxy) is 6. The molecule has 4 aliphatic heterocycles. The topological polar surface area (TPSA) is 200 Å². The van der Waals surface area contributed by atoms with E-state index in [4.69, 9.17) is 45.0 Å². The SMILES string of the molecule is C[C@@H]1COC(COc2ccc(S(=O)(=O)NC(=O)c3ccc(N4CCN5CC6=C(c7ccc(Cl)cc7)CC(C)(C)C[C@H]6OCCCOCC5C4)cc3N3CCCOc4nc5[nH]ccc5cc43)cc2[N+](=O)[O-])CO1. The molecule has 5 aromatic rings. The van der Waals surface area contributed by atoms with Crippen LogP contribution in [0.3, 0.4) is 0 Å². The molecular weight excluding hydrogens is 966 g/mol. The van der Waals surface area contributed by atoms with E-state index >= 15 is 0 Å². The number of rotatable bonds is 10. The Labute approximate surface area is 423 Å². The Morgan fingerprint density at radius 2 is 1.81 bits per heavy atom. The minimum atomic E-state index is -4.67.